The minimum absolute atomic E-state index is 0.293. The van der Waals surface area contributed by atoms with Crippen LogP contribution in [0, 0.1) is 0 Å². The van der Waals surface area contributed by atoms with Gasteiger partial charge >= 0.3 is 6.09 Å². The summed E-state index contributed by atoms with van der Waals surface area (Å²) in [6.45, 7) is 0. The van der Waals surface area contributed by atoms with Gasteiger partial charge < -0.3 is 9.72 Å². The average Bonchev–Trinajstić information content (AvgIpc) is 2.67. The Balaban J connectivity index is 2.44. The zero-order valence-electron chi connectivity index (χ0n) is 8.17. The first-order chi connectivity index (χ1) is 7.61. The number of hydrogen-bond donors (Lipinski definition) is 2. The largest absolute Gasteiger partial charge is 0.453 e. The van der Waals surface area contributed by atoms with Gasteiger partial charge in [0.05, 0.1) is 23.2 Å². The fraction of sp³-hybridized carbons (Fsp3) is 0.111. The number of halogens is 2. The smallest absolute Gasteiger partial charge is 0.413 e. The Labute approximate surface area is 104 Å². The van der Waals surface area contributed by atoms with E-state index in [1.807, 2.05) is 0 Å². The van der Waals surface area contributed by atoms with E-state index in [4.69, 9.17) is 11.6 Å². The molecule has 2 aromatic rings. The SMILES string of the molecule is COC(=O)Nc1nc2ccc(Br)c(Cl)c2[nH]1. The highest BCUT2D eigenvalue weighted by Gasteiger charge is 2.10. The number of fused-ring (bicyclic) bond motifs is 1. The zero-order valence-corrected chi connectivity index (χ0v) is 10.5. The fourth-order valence-corrected chi connectivity index (χ4v) is 1.76. The third kappa shape index (κ3) is 1.98. The summed E-state index contributed by atoms with van der Waals surface area (Å²) in [5, 5.41) is 2.94. The summed E-state index contributed by atoms with van der Waals surface area (Å²) >= 11 is 9.35. The Morgan fingerprint density at radius 1 is 1.62 bits per heavy atom. The summed E-state index contributed by atoms with van der Waals surface area (Å²) in [5.74, 6) is 0.293. The van der Waals surface area contributed by atoms with Crippen molar-refractivity contribution in [3.05, 3.63) is 21.6 Å². The zero-order chi connectivity index (χ0) is 11.7. The molecule has 0 fully saturated rings. The second kappa shape index (κ2) is 4.31. The predicted octanol–water partition coefficient (Wildman–Crippen LogP) is 3.16. The summed E-state index contributed by atoms with van der Waals surface area (Å²) in [7, 11) is 1.28. The second-order valence-electron chi connectivity index (χ2n) is 2.96. The Kier molecular flexibility index (Phi) is 3.02. The summed E-state index contributed by atoms with van der Waals surface area (Å²) in [6, 6.07) is 3.57. The van der Waals surface area contributed by atoms with Crippen molar-refractivity contribution >= 4 is 50.6 Å². The first kappa shape index (κ1) is 11.2. The number of hydrogen-bond acceptors (Lipinski definition) is 3. The number of benzene rings is 1. The van der Waals surface area contributed by atoms with E-state index in [1.54, 1.807) is 12.1 Å². The van der Waals surface area contributed by atoms with Gasteiger partial charge in [-0.15, -0.1) is 0 Å². The van der Waals surface area contributed by atoms with Gasteiger partial charge in [0.2, 0.25) is 5.95 Å². The van der Waals surface area contributed by atoms with Crippen LogP contribution in [0.4, 0.5) is 10.7 Å². The first-order valence-electron chi connectivity index (χ1n) is 4.30. The maximum absolute atomic E-state index is 11.0. The number of methoxy groups -OCH3 is 1. The van der Waals surface area contributed by atoms with Crippen LogP contribution in [0.15, 0.2) is 16.6 Å². The molecule has 1 heterocycles. The summed E-state index contributed by atoms with van der Waals surface area (Å²) in [4.78, 5) is 18.0. The molecule has 0 atom stereocenters. The molecule has 0 saturated carbocycles. The van der Waals surface area contributed by atoms with Crippen molar-refractivity contribution in [3.8, 4) is 0 Å². The number of carbonyl (C=O) groups excluding carboxylic acids is 1. The monoisotopic (exact) mass is 303 g/mol. The fourth-order valence-electron chi connectivity index (χ4n) is 1.23. The number of anilines is 1. The Hall–Kier alpha value is -1.27. The van der Waals surface area contributed by atoms with E-state index >= 15 is 0 Å². The van der Waals surface area contributed by atoms with Crippen LogP contribution >= 0.6 is 27.5 Å². The highest BCUT2D eigenvalue weighted by Crippen LogP contribution is 2.30. The van der Waals surface area contributed by atoms with Crippen molar-refractivity contribution in [1.29, 1.82) is 0 Å². The van der Waals surface area contributed by atoms with Gasteiger partial charge in [-0.3, -0.25) is 5.32 Å². The van der Waals surface area contributed by atoms with Crippen LogP contribution in [0.3, 0.4) is 0 Å². The standard InChI is InChI=1S/C9H7BrClN3O2/c1-16-9(15)14-8-12-5-3-2-4(10)6(11)7(5)13-8/h2-3H,1H3,(H2,12,13,14,15). The third-order valence-corrected chi connectivity index (χ3v) is 3.24. The number of nitrogens with one attached hydrogen (secondary N) is 2. The highest BCUT2D eigenvalue weighted by molar-refractivity contribution is 9.10. The molecule has 0 radical (unpaired) electrons. The lowest BCUT2D eigenvalue weighted by molar-refractivity contribution is 0.186. The van der Waals surface area contributed by atoms with E-state index in [9.17, 15) is 4.79 Å². The van der Waals surface area contributed by atoms with Crippen LogP contribution < -0.4 is 5.32 Å². The van der Waals surface area contributed by atoms with Gasteiger partial charge in [0, 0.05) is 4.47 Å². The number of ether oxygens (including phenoxy) is 1. The Morgan fingerprint density at radius 3 is 3.06 bits per heavy atom. The van der Waals surface area contributed by atoms with Crippen LogP contribution in [0.2, 0.25) is 5.02 Å². The molecule has 7 heteroatoms. The molecule has 84 valence electrons. The van der Waals surface area contributed by atoms with E-state index in [-0.39, 0.29) is 0 Å². The van der Waals surface area contributed by atoms with Crippen LogP contribution in [-0.2, 0) is 4.74 Å². The number of nitrogens with zero attached hydrogens (tertiary/aromatic N) is 1. The molecular weight excluding hydrogens is 297 g/mol. The van der Waals surface area contributed by atoms with E-state index in [0.29, 0.717) is 22.0 Å². The lowest BCUT2D eigenvalue weighted by atomic mass is 10.3. The van der Waals surface area contributed by atoms with Gasteiger partial charge in [0.15, 0.2) is 0 Å². The third-order valence-electron chi connectivity index (χ3n) is 1.95. The normalized spacial score (nSPS) is 10.4. The van der Waals surface area contributed by atoms with Crippen molar-refractivity contribution in [1.82, 2.24) is 9.97 Å². The van der Waals surface area contributed by atoms with Gasteiger partial charge in [-0.05, 0) is 28.1 Å². The van der Waals surface area contributed by atoms with Crippen LogP contribution in [0.25, 0.3) is 11.0 Å². The number of carbonyl (C=O) groups is 1. The van der Waals surface area contributed by atoms with E-state index in [1.165, 1.54) is 7.11 Å². The lowest BCUT2D eigenvalue weighted by Crippen LogP contribution is -2.11. The van der Waals surface area contributed by atoms with Gasteiger partial charge in [-0.25, -0.2) is 9.78 Å². The molecule has 2 N–H and O–H groups in total. The van der Waals surface area contributed by atoms with Crippen LogP contribution in [0.1, 0.15) is 0 Å². The molecular formula is C9H7BrClN3O2. The number of aromatic nitrogens is 2. The molecule has 0 spiro atoms. The molecule has 0 aliphatic rings. The van der Waals surface area contributed by atoms with Crippen molar-refractivity contribution < 1.29 is 9.53 Å². The quantitative estimate of drug-likeness (QED) is 0.850. The minimum atomic E-state index is -0.589. The predicted molar refractivity (Wildman–Crippen MR) is 64.8 cm³/mol. The summed E-state index contributed by atoms with van der Waals surface area (Å²) in [6.07, 6.45) is -0.589. The molecule has 5 nitrogen and oxygen atoms in total. The molecule has 0 aliphatic carbocycles. The Morgan fingerprint density at radius 2 is 2.38 bits per heavy atom. The number of amides is 1. The molecule has 0 aliphatic heterocycles. The average molecular weight is 305 g/mol. The van der Waals surface area contributed by atoms with E-state index in [0.717, 1.165) is 4.47 Å². The second-order valence-corrected chi connectivity index (χ2v) is 4.19. The maximum Gasteiger partial charge on any atom is 0.413 e. The Bertz CT molecular complexity index is 555. The van der Waals surface area contributed by atoms with Crippen LogP contribution in [-0.4, -0.2) is 23.2 Å². The minimum Gasteiger partial charge on any atom is -0.453 e. The van der Waals surface area contributed by atoms with Gasteiger partial charge in [-0.1, -0.05) is 11.6 Å². The molecule has 0 saturated heterocycles. The van der Waals surface area contributed by atoms with E-state index < -0.39 is 6.09 Å². The van der Waals surface area contributed by atoms with E-state index in [2.05, 4.69) is 36.0 Å². The summed E-state index contributed by atoms with van der Waals surface area (Å²) in [5.41, 5.74) is 1.32. The number of rotatable bonds is 1. The molecule has 0 bridgehead atoms. The van der Waals surface area contributed by atoms with Gasteiger partial charge in [-0.2, -0.15) is 0 Å². The number of H-pyrrole nitrogens is 1. The van der Waals surface area contributed by atoms with Crippen molar-refractivity contribution in [2.75, 3.05) is 12.4 Å². The maximum atomic E-state index is 11.0. The topological polar surface area (TPSA) is 67.0 Å². The van der Waals surface area contributed by atoms with Crippen molar-refractivity contribution in [3.63, 3.8) is 0 Å². The highest BCUT2D eigenvalue weighted by atomic mass is 79.9. The lowest BCUT2D eigenvalue weighted by Gasteiger charge is -1.97. The molecule has 1 amide bonds. The molecule has 2 rings (SSSR count). The van der Waals surface area contributed by atoms with Gasteiger partial charge in [0.25, 0.3) is 0 Å². The number of aromatic amines is 1. The van der Waals surface area contributed by atoms with Crippen molar-refractivity contribution in [2.24, 2.45) is 0 Å². The van der Waals surface area contributed by atoms with Gasteiger partial charge in [0.1, 0.15) is 0 Å². The molecule has 1 aromatic carbocycles. The molecule has 0 unspecified atom stereocenters. The number of imidazole rings is 1. The van der Waals surface area contributed by atoms with Crippen molar-refractivity contribution in [2.45, 2.75) is 0 Å². The summed E-state index contributed by atoms with van der Waals surface area (Å²) < 4.78 is 5.21. The molecule has 1 aromatic heterocycles. The molecule has 16 heavy (non-hydrogen) atoms. The first-order valence-corrected chi connectivity index (χ1v) is 5.47. The van der Waals surface area contributed by atoms with Crippen LogP contribution in [0.5, 0.6) is 0 Å².